The van der Waals surface area contributed by atoms with Crippen molar-refractivity contribution in [2.75, 3.05) is 20.3 Å². The highest BCUT2D eigenvalue weighted by Crippen LogP contribution is 2.29. The molecule has 8 nitrogen and oxygen atoms in total. The summed E-state index contributed by atoms with van der Waals surface area (Å²) in [5.41, 5.74) is 0.705. The van der Waals surface area contributed by atoms with Crippen LogP contribution in [0.25, 0.3) is 17.0 Å². The fourth-order valence-electron chi connectivity index (χ4n) is 4.39. The minimum absolute atomic E-state index is 0.0502. The molecule has 10 heteroatoms. The van der Waals surface area contributed by atoms with Crippen LogP contribution in [0.3, 0.4) is 0 Å². The number of hydrogen-bond donors (Lipinski definition) is 3. The number of aromatic nitrogens is 1. The lowest BCUT2D eigenvalue weighted by Crippen LogP contribution is -2.51. The zero-order valence-corrected chi connectivity index (χ0v) is 20.8. The Labute approximate surface area is 218 Å². The summed E-state index contributed by atoms with van der Waals surface area (Å²) in [7, 11) is 1.58. The first kappa shape index (κ1) is 27.4. The van der Waals surface area contributed by atoms with Crippen molar-refractivity contribution in [1.82, 2.24) is 10.3 Å². The fourth-order valence-corrected chi connectivity index (χ4v) is 4.39. The van der Waals surface area contributed by atoms with Crippen LogP contribution in [-0.4, -0.2) is 65.8 Å². The van der Waals surface area contributed by atoms with Crippen LogP contribution in [0.5, 0.6) is 11.5 Å². The molecule has 3 N–H and O–H groups in total. The number of aliphatic hydroxyl groups is 2. The zero-order valence-electron chi connectivity index (χ0n) is 20.8. The third-order valence-electron chi connectivity index (χ3n) is 6.36. The molecule has 0 spiro atoms. The van der Waals surface area contributed by atoms with Crippen molar-refractivity contribution < 1.29 is 38.0 Å². The normalized spacial score (nSPS) is 20.4. The minimum atomic E-state index is -1.03. The Bertz CT molecular complexity index is 1290. The topological polar surface area (TPSA) is 110 Å². The molecule has 4 atom stereocenters. The molecule has 1 amide bonds. The highest BCUT2D eigenvalue weighted by atomic mass is 19.1. The van der Waals surface area contributed by atoms with Crippen LogP contribution in [0.1, 0.15) is 24.8 Å². The predicted octanol–water partition coefficient (Wildman–Crippen LogP) is 3.39. The maximum absolute atomic E-state index is 13.8. The van der Waals surface area contributed by atoms with Gasteiger partial charge in [-0.3, -0.25) is 9.78 Å². The number of carbonyl (C=O) groups excluding carboxylic acids is 1. The summed E-state index contributed by atoms with van der Waals surface area (Å²) < 4.78 is 44.8. The van der Waals surface area contributed by atoms with E-state index in [0.29, 0.717) is 24.3 Å². The molecule has 202 valence electrons. The van der Waals surface area contributed by atoms with Crippen molar-refractivity contribution in [3.63, 3.8) is 0 Å². The summed E-state index contributed by atoms with van der Waals surface area (Å²) in [4.78, 5) is 16.9. The second-order valence-corrected chi connectivity index (χ2v) is 9.06. The lowest BCUT2D eigenvalue weighted by molar-refractivity contribution is -0.126. The van der Waals surface area contributed by atoms with Crippen molar-refractivity contribution in [3.8, 4) is 11.5 Å². The Morgan fingerprint density at radius 2 is 2.08 bits per heavy atom. The van der Waals surface area contributed by atoms with E-state index in [2.05, 4.69) is 10.3 Å². The van der Waals surface area contributed by atoms with E-state index in [9.17, 15) is 23.8 Å². The third kappa shape index (κ3) is 7.03. The van der Waals surface area contributed by atoms with E-state index in [1.165, 1.54) is 6.08 Å². The number of hydrogen-bond acceptors (Lipinski definition) is 7. The first-order valence-corrected chi connectivity index (χ1v) is 12.3. The average Bonchev–Trinajstić information content (AvgIpc) is 2.93. The van der Waals surface area contributed by atoms with E-state index in [4.69, 9.17) is 14.2 Å². The van der Waals surface area contributed by atoms with Crippen molar-refractivity contribution in [2.45, 2.75) is 43.6 Å². The molecule has 1 fully saturated rings. The minimum Gasteiger partial charge on any atom is -0.497 e. The van der Waals surface area contributed by atoms with Gasteiger partial charge >= 0.3 is 0 Å². The van der Waals surface area contributed by atoms with Gasteiger partial charge < -0.3 is 29.7 Å². The van der Waals surface area contributed by atoms with Gasteiger partial charge in [0.15, 0.2) is 0 Å². The highest BCUT2D eigenvalue weighted by Gasteiger charge is 2.33. The van der Waals surface area contributed by atoms with Crippen LogP contribution in [0.2, 0.25) is 0 Å². The Morgan fingerprint density at radius 3 is 2.87 bits per heavy atom. The van der Waals surface area contributed by atoms with Crippen LogP contribution >= 0.6 is 0 Å². The number of fused-ring (bicyclic) bond motifs is 1. The van der Waals surface area contributed by atoms with E-state index >= 15 is 0 Å². The van der Waals surface area contributed by atoms with Gasteiger partial charge in [-0.15, -0.1) is 0 Å². The maximum Gasteiger partial charge on any atom is 0.244 e. The van der Waals surface area contributed by atoms with Crippen LogP contribution in [0.4, 0.5) is 8.78 Å². The molecule has 2 aromatic carbocycles. The molecule has 0 unspecified atom stereocenters. The SMILES string of the molecule is COc1ccc2nccc(OC[C@@H]3CC[C@@H](NC(=O)C=Cc4cc(F)ccc4F)[C@@H](C[C@H](O)CO)O3)c2c1. The summed E-state index contributed by atoms with van der Waals surface area (Å²) in [6, 6.07) is 9.78. The number of methoxy groups -OCH3 is 1. The molecule has 0 bridgehead atoms. The third-order valence-corrected chi connectivity index (χ3v) is 6.36. The lowest BCUT2D eigenvalue weighted by atomic mass is 9.94. The number of rotatable bonds is 10. The molecule has 1 aliphatic rings. The van der Waals surface area contributed by atoms with E-state index in [1.54, 1.807) is 19.4 Å². The van der Waals surface area contributed by atoms with Gasteiger partial charge in [-0.25, -0.2) is 8.78 Å². The Balaban J connectivity index is 1.40. The summed E-state index contributed by atoms with van der Waals surface area (Å²) in [6.45, 7) is -0.229. The number of halogens is 2. The average molecular weight is 529 g/mol. The lowest BCUT2D eigenvalue weighted by Gasteiger charge is -2.37. The Hall–Kier alpha value is -3.60. The van der Waals surface area contributed by atoms with Gasteiger partial charge in [0.25, 0.3) is 0 Å². The zero-order chi connectivity index (χ0) is 27.1. The van der Waals surface area contributed by atoms with Gasteiger partial charge in [-0.2, -0.15) is 0 Å². The quantitative estimate of drug-likeness (QED) is 0.346. The summed E-state index contributed by atoms with van der Waals surface area (Å²) >= 11 is 0. The standard InChI is InChI=1S/C28H30F2N2O6/c1-36-20-4-7-24-22(14-20)26(10-11-31-24)37-16-21-5-8-25(27(38-21)13-19(34)15-33)32-28(35)9-2-17-12-18(29)3-6-23(17)30/h2-4,6-7,9-12,14,19,21,25,27,33-34H,5,8,13,15-16H2,1H3,(H,32,35)/t19-,21-,25+,27+/m0/s1. The molecule has 1 aliphatic heterocycles. The van der Waals surface area contributed by atoms with Gasteiger partial charge in [0, 0.05) is 29.6 Å². The van der Waals surface area contributed by atoms with Crippen LogP contribution < -0.4 is 14.8 Å². The molecule has 0 radical (unpaired) electrons. The number of benzene rings is 2. The molecule has 3 aromatic rings. The van der Waals surface area contributed by atoms with Crippen LogP contribution in [-0.2, 0) is 9.53 Å². The second kappa shape index (κ2) is 12.8. The monoisotopic (exact) mass is 528 g/mol. The summed E-state index contributed by atoms with van der Waals surface area (Å²) in [6.07, 6.45) is 3.18. The molecule has 1 aromatic heterocycles. The Kier molecular flexibility index (Phi) is 9.22. The second-order valence-electron chi connectivity index (χ2n) is 9.06. The number of ether oxygens (including phenoxy) is 3. The fraction of sp³-hybridized carbons (Fsp3) is 0.357. The summed E-state index contributed by atoms with van der Waals surface area (Å²) in [5.74, 6) is -0.483. The predicted molar refractivity (Wildman–Crippen MR) is 137 cm³/mol. The van der Waals surface area contributed by atoms with Crippen molar-refractivity contribution in [3.05, 3.63) is 71.9 Å². The van der Waals surface area contributed by atoms with Crippen molar-refractivity contribution in [2.24, 2.45) is 0 Å². The molecular weight excluding hydrogens is 498 g/mol. The summed E-state index contributed by atoms with van der Waals surface area (Å²) in [5, 5.41) is 23.0. The molecule has 4 rings (SSSR count). The Morgan fingerprint density at radius 1 is 1.24 bits per heavy atom. The van der Waals surface area contributed by atoms with Gasteiger partial charge in [0.2, 0.25) is 5.91 Å². The largest absolute Gasteiger partial charge is 0.497 e. The van der Waals surface area contributed by atoms with Gasteiger partial charge in [0.05, 0.1) is 43.6 Å². The first-order valence-electron chi connectivity index (χ1n) is 12.3. The van der Waals surface area contributed by atoms with E-state index in [-0.39, 0.29) is 24.7 Å². The number of aliphatic hydroxyl groups excluding tert-OH is 2. The van der Waals surface area contributed by atoms with Gasteiger partial charge in [-0.05, 0) is 61.4 Å². The van der Waals surface area contributed by atoms with Gasteiger partial charge in [0.1, 0.15) is 29.7 Å². The maximum atomic E-state index is 13.8. The molecule has 0 saturated carbocycles. The number of amides is 1. The molecular formula is C28H30F2N2O6. The van der Waals surface area contributed by atoms with E-state index in [0.717, 1.165) is 35.2 Å². The number of nitrogens with one attached hydrogen (secondary N) is 1. The number of pyridine rings is 1. The smallest absolute Gasteiger partial charge is 0.244 e. The van der Waals surface area contributed by atoms with Crippen molar-refractivity contribution >= 4 is 22.9 Å². The number of carbonyl (C=O) groups is 1. The first-order chi connectivity index (χ1) is 18.4. The van der Waals surface area contributed by atoms with Crippen molar-refractivity contribution in [1.29, 1.82) is 0 Å². The van der Waals surface area contributed by atoms with Gasteiger partial charge in [-0.1, -0.05) is 0 Å². The van der Waals surface area contributed by atoms with E-state index < -0.39 is 42.4 Å². The molecule has 38 heavy (non-hydrogen) atoms. The van der Waals surface area contributed by atoms with Crippen LogP contribution in [0, 0.1) is 11.6 Å². The highest BCUT2D eigenvalue weighted by molar-refractivity contribution is 5.92. The number of nitrogens with zero attached hydrogens (tertiary/aromatic N) is 1. The molecule has 0 aliphatic carbocycles. The van der Waals surface area contributed by atoms with E-state index in [1.807, 2.05) is 18.2 Å². The van der Waals surface area contributed by atoms with Crippen LogP contribution in [0.15, 0.2) is 54.7 Å². The molecule has 1 saturated heterocycles. The molecule has 2 heterocycles.